The molecule has 0 saturated carbocycles. The van der Waals surface area contributed by atoms with Gasteiger partial charge in [0.05, 0.1) is 0 Å². The number of nitrogens with zero attached hydrogens (tertiary/aromatic N) is 1. The fraction of sp³-hybridized carbons (Fsp3) is 1.00. The van der Waals surface area contributed by atoms with Gasteiger partial charge in [-0.15, -0.1) is 0 Å². The summed E-state index contributed by atoms with van der Waals surface area (Å²) in [6.07, 6.45) is 13.8. The molecule has 0 radical (unpaired) electrons. The molecule has 0 amide bonds. The molecule has 0 heterocycles. The normalized spacial score (nSPS) is 15.2. The third-order valence-electron chi connectivity index (χ3n) is 5.49. The van der Waals surface area contributed by atoms with Crippen LogP contribution in [0.3, 0.4) is 0 Å². The monoisotopic (exact) mass is 343 g/mol. The van der Waals surface area contributed by atoms with Crippen LogP contribution in [0, 0.1) is 22.0 Å². The lowest BCUT2D eigenvalue weighted by Crippen LogP contribution is -2.29. The van der Waals surface area contributed by atoms with E-state index in [2.05, 4.69) is 20.8 Å². The zero-order chi connectivity index (χ0) is 18.2. The molecule has 0 aromatic heterocycles. The zero-order valence-corrected chi connectivity index (χ0v) is 16.3. The Morgan fingerprint density at radius 2 is 1.46 bits per heavy atom. The Kier molecular flexibility index (Phi) is 15.4. The van der Waals surface area contributed by atoms with Gasteiger partial charge in [0.15, 0.2) is 0 Å². The zero-order valence-electron chi connectivity index (χ0n) is 16.3. The summed E-state index contributed by atoms with van der Waals surface area (Å²) in [4.78, 5) is 11.5. The molecule has 0 aliphatic rings. The minimum Gasteiger partial charge on any atom is -0.396 e. The second-order valence-electron chi connectivity index (χ2n) is 7.29. The Bertz CT molecular complexity index is 297. The van der Waals surface area contributed by atoms with Gasteiger partial charge in [0, 0.05) is 23.9 Å². The summed E-state index contributed by atoms with van der Waals surface area (Å²) in [5.74, 6) is 0.837. The van der Waals surface area contributed by atoms with E-state index in [-0.39, 0.29) is 23.5 Å². The van der Waals surface area contributed by atoms with E-state index >= 15 is 0 Å². The van der Waals surface area contributed by atoms with E-state index in [1.807, 2.05) is 0 Å². The average Bonchev–Trinajstić information content (AvgIpc) is 2.57. The minimum atomic E-state index is -0.351. The summed E-state index contributed by atoms with van der Waals surface area (Å²) in [6.45, 7) is 6.74. The third-order valence-corrected chi connectivity index (χ3v) is 5.49. The highest BCUT2D eigenvalue weighted by molar-refractivity contribution is 4.70. The predicted molar refractivity (Wildman–Crippen MR) is 102 cm³/mol. The summed E-state index contributed by atoms with van der Waals surface area (Å²) in [5.41, 5.74) is 0. The van der Waals surface area contributed by atoms with Crippen molar-refractivity contribution in [1.82, 2.24) is 0 Å². The molecular weight excluding hydrogens is 302 g/mol. The van der Waals surface area contributed by atoms with Gasteiger partial charge in [-0.05, 0) is 31.6 Å². The van der Waals surface area contributed by atoms with Gasteiger partial charge in [0.2, 0.25) is 6.04 Å². The van der Waals surface area contributed by atoms with Crippen LogP contribution in [0.5, 0.6) is 0 Å². The molecule has 0 spiro atoms. The SMILES string of the molecule is CCCCCCCC(C(CC)CCCCC(CC)CCO)[N+](=O)[O-]. The molecule has 24 heavy (non-hydrogen) atoms. The molecule has 0 rings (SSSR count). The molecule has 4 heteroatoms. The highest BCUT2D eigenvalue weighted by Gasteiger charge is 2.29. The maximum atomic E-state index is 11.5. The average molecular weight is 344 g/mol. The van der Waals surface area contributed by atoms with E-state index in [4.69, 9.17) is 5.11 Å². The first-order valence-electron chi connectivity index (χ1n) is 10.3. The van der Waals surface area contributed by atoms with Crippen LogP contribution < -0.4 is 0 Å². The van der Waals surface area contributed by atoms with E-state index < -0.39 is 0 Å². The van der Waals surface area contributed by atoms with Gasteiger partial charge in [-0.2, -0.15) is 0 Å². The van der Waals surface area contributed by atoms with Crippen molar-refractivity contribution >= 4 is 0 Å². The number of aliphatic hydroxyl groups excluding tert-OH is 1. The highest BCUT2D eigenvalue weighted by atomic mass is 16.6. The van der Waals surface area contributed by atoms with Crippen molar-refractivity contribution in [2.45, 2.75) is 110 Å². The van der Waals surface area contributed by atoms with Gasteiger partial charge in [-0.25, -0.2) is 0 Å². The molecule has 0 aliphatic carbocycles. The number of hydrogen-bond donors (Lipinski definition) is 1. The highest BCUT2D eigenvalue weighted by Crippen LogP contribution is 2.25. The first kappa shape index (κ1) is 23.4. The Hall–Kier alpha value is -0.640. The molecule has 0 aromatic carbocycles. The van der Waals surface area contributed by atoms with E-state index in [0.717, 1.165) is 64.2 Å². The molecule has 0 aromatic rings. The second kappa shape index (κ2) is 15.9. The summed E-state index contributed by atoms with van der Waals surface area (Å²) in [7, 11) is 0. The van der Waals surface area contributed by atoms with Gasteiger partial charge < -0.3 is 5.11 Å². The van der Waals surface area contributed by atoms with Crippen LogP contribution in [0.15, 0.2) is 0 Å². The molecule has 1 N–H and O–H groups in total. The quantitative estimate of drug-likeness (QED) is 0.200. The molecule has 144 valence electrons. The topological polar surface area (TPSA) is 63.4 Å². The van der Waals surface area contributed by atoms with Crippen LogP contribution in [0.25, 0.3) is 0 Å². The fourth-order valence-corrected chi connectivity index (χ4v) is 3.71. The standard InChI is InChI=1S/C20H41NO3/c1-4-7-8-9-10-15-20(21(23)24)19(6-3)14-12-11-13-18(5-2)16-17-22/h18-20,22H,4-17H2,1-3H3. The van der Waals surface area contributed by atoms with Crippen LogP contribution in [0.2, 0.25) is 0 Å². The van der Waals surface area contributed by atoms with Crippen molar-refractivity contribution in [3.05, 3.63) is 10.1 Å². The van der Waals surface area contributed by atoms with Gasteiger partial charge in [-0.1, -0.05) is 72.1 Å². The smallest absolute Gasteiger partial charge is 0.215 e. The number of hydrogen-bond acceptors (Lipinski definition) is 3. The molecule has 0 saturated heterocycles. The van der Waals surface area contributed by atoms with Gasteiger partial charge in [0.1, 0.15) is 0 Å². The van der Waals surface area contributed by atoms with Crippen molar-refractivity contribution in [2.24, 2.45) is 11.8 Å². The van der Waals surface area contributed by atoms with Crippen molar-refractivity contribution in [1.29, 1.82) is 0 Å². The van der Waals surface area contributed by atoms with Crippen LogP contribution in [-0.4, -0.2) is 22.7 Å². The molecule has 3 unspecified atom stereocenters. The maximum Gasteiger partial charge on any atom is 0.215 e. The van der Waals surface area contributed by atoms with Gasteiger partial charge in [0.25, 0.3) is 0 Å². The van der Waals surface area contributed by atoms with Gasteiger partial charge in [-0.3, -0.25) is 10.1 Å². The van der Waals surface area contributed by atoms with Crippen LogP contribution >= 0.6 is 0 Å². The first-order valence-corrected chi connectivity index (χ1v) is 10.3. The lowest BCUT2D eigenvalue weighted by atomic mass is 9.87. The number of unbranched alkanes of at least 4 members (excludes halogenated alkanes) is 5. The summed E-state index contributed by atoms with van der Waals surface area (Å²) in [5, 5.41) is 20.5. The first-order chi connectivity index (χ1) is 11.6. The van der Waals surface area contributed by atoms with Crippen LogP contribution in [0.4, 0.5) is 0 Å². The Morgan fingerprint density at radius 1 is 0.833 bits per heavy atom. The molecule has 3 atom stereocenters. The lowest BCUT2D eigenvalue weighted by Gasteiger charge is -2.20. The van der Waals surface area contributed by atoms with E-state index in [0.29, 0.717) is 5.92 Å². The number of nitro groups is 1. The van der Waals surface area contributed by atoms with E-state index in [1.54, 1.807) is 0 Å². The third kappa shape index (κ3) is 11.0. The lowest BCUT2D eigenvalue weighted by molar-refractivity contribution is -0.533. The summed E-state index contributed by atoms with van der Waals surface area (Å²) >= 11 is 0. The molecule has 0 aliphatic heterocycles. The largest absolute Gasteiger partial charge is 0.396 e. The van der Waals surface area contributed by atoms with E-state index in [1.165, 1.54) is 19.3 Å². The Morgan fingerprint density at radius 3 is 2.00 bits per heavy atom. The predicted octanol–water partition coefficient (Wildman–Crippen LogP) is 5.99. The Balaban J connectivity index is 4.16. The van der Waals surface area contributed by atoms with Crippen LogP contribution in [0.1, 0.15) is 104 Å². The molecular formula is C20H41NO3. The van der Waals surface area contributed by atoms with Crippen LogP contribution in [-0.2, 0) is 0 Å². The molecule has 4 nitrogen and oxygen atoms in total. The number of rotatable bonds is 17. The molecule has 0 fully saturated rings. The second-order valence-corrected chi connectivity index (χ2v) is 7.29. The van der Waals surface area contributed by atoms with Crippen molar-refractivity contribution in [2.75, 3.05) is 6.61 Å². The van der Waals surface area contributed by atoms with Crippen molar-refractivity contribution < 1.29 is 10.0 Å². The van der Waals surface area contributed by atoms with Gasteiger partial charge >= 0.3 is 0 Å². The molecule has 0 bridgehead atoms. The van der Waals surface area contributed by atoms with E-state index in [9.17, 15) is 10.1 Å². The minimum absolute atomic E-state index is 0.0193. The van der Waals surface area contributed by atoms with Crippen molar-refractivity contribution in [3.63, 3.8) is 0 Å². The fourth-order valence-electron chi connectivity index (χ4n) is 3.71. The Labute approximate surface area is 149 Å². The summed E-state index contributed by atoms with van der Waals surface area (Å²) in [6, 6.07) is -0.351. The maximum absolute atomic E-state index is 11.5. The van der Waals surface area contributed by atoms with Crippen molar-refractivity contribution in [3.8, 4) is 0 Å². The number of aliphatic hydroxyl groups is 1. The summed E-state index contributed by atoms with van der Waals surface area (Å²) < 4.78 is 0.